The van der Waals surface area contributed by atoms with Crippen LogP contribution < -0.4 is 4.74 Å². The van der Waals surface area contributed by atoms with Gasteiger partial charge in [-0.2, -0.15) is 4.98 Å². The summed E-state index contributed by atoms with van der Waals surface area (Å²) in [6.07, 6.45) is 0.387. The Bertz CT molecular complexity index is 1010. The Morgan fingerprint density at radius 3 is 2.86 bits per heavy atom. The molecular weight excluding hydrogens is 354 g/mol. The highest BCUT2D eigenvalue weighted by Crippen LogP contribution is 2.30. The number of rotatable bonds is 5. The Morgan fingerprint density at radius 1 is 1.21 bits per heavy atom. The zero-order chi connectivity index (χ0) is 19.7. The highest BCUT2D eigenvalue weighted by Gasteiger charge is 2.34. The van der Waals surface area contributed by atoms with Gasteiger partial charge in [0.1, 0.15) is 5.75 Å². The van der Waals surface area contributed by atoms with Crippen molar-refractivity contribution in [1.82, 2.24) is 15.0 Å². The fourth-order valence-electron chi connectivity index (χ4n) is 3.66. The number of hydrogen-bond acceptors (Lipinski definition) is 5. The molecule has 0 aliphatic carbocycles. The summed E-state index contributed by atoms with van der Waals surface area (Å²) in [5.41, 5.74) is 4.29. The van der Waals surface area contributed by atoms with Gasteiger partial charge in [-0.3, -0.25) is 4.79 Å². The predicted molar refractivity (Wildman–Crippen MR) is 105 cm³/mol. The van der Waals surface area contributed by atoms with Crippen LogP contribution in [0.5, 0.6) is 5.75 Å². The van der Waals surface area contributed by atoms with Crippen molar-refractivity contribution in [1.29, 1.82) is 0 Å². The number of nitrogens with zero attached hydrogens (tertiary/aromatic N) is 3. The Kier molecular flexibility index (Phi) is 4.86. The zero-order valence-corrected chi connectivity index (χ0v) is 16.3. The summed E-state index contributed by atoms with van der Waals surface area (Å²) in [5.74, 6) is 1.91. The van der Waals surface area contributed by atoms with Gasteiger partial charge in [-0.1, -0.05) is 41.1 Å². The molecule has 2 heterocycles. The summed E-state index contributed by atoms with van der Waals surface area (Å²) in [7, 11) is 1.64. The number of likely N-dealkylation sites (tertiary alicyclic amines) is 1. The second-order valence-electron chi connectivity index (χ2n) is 7.30. The lowest BCUT2D eigenvalue weighted by Gasteiger charge is -2.16. The van der Waals surface area contributed by atoms with Crippen LogP contribution in [0.25, 0.3) is 11.4 Å². The molecule has 1 aliphatic heterocycles. The summed E-state index contributed by atoms with van der Waals surface area (Å²) in [6, 6.07) is 13.9. The molecule has 3 aromatic rings. The molecule has 1 atom stereocenters. The third kappa shape index (κ3) is 3.63. The molecule has 1 amide bonds. The van der Waals surface area contributed by atoms with Crippen LogP contribution in [0.15, 0.2) is 47.0 Å². The van der Waals surface area contributed by atoms with E-state index in [1.165, 1.54) is 5.56 Å². The number of benzene rings is 2. The molecule has 1 aromatic heterocycles. The maximum atomic E-state index is 12.5. The first-order valence-corrected chi connectivity index (χ1v) is 9.35. The van der Waals surface area contributed by atoms with Gasteiger partial charge < -0.3 is 14.2 Å². The second kappa shape index (κ2) is 7.46. The van der Waals surface area contributed by atoms with E-state index in [2.05, 4.69) is 23.1 Å². The van der Waals surface area contributed by atoms with Crippen LogP contribution in [-0.2, 0) is 11.3 Å². The number of ether oxygens (including phenoxy) is 1. The van der Waals surface area contributed by atoms with Crippen LogP contribution >= 0.6 is 0 Å². The summed E-state index contributed by atoms with van der Waals surface area (Å²) >= 11 is 0. The van der Waals surface area contributed by atoms with Crippen LogP contribution in [0, 0.1) is 13.8 Å². The maximum Gasteiger partial charge on any atom is 0.232 e. The molecule has 0 bridgehead atoms. The lowest BCUT2D eigenvalue weighted by molar-refractivity contribution is -0.128. The lowest BCUT2D eigenvalue weighted by atomic mass is 10.1. The summed E-state index contributed by atoms with van der Waals surface area (Å²) < 4.78 is 10.8. The SMILES string of the molecule is COc1cccc(CN2CC(c3nc(-c4ccc(C)cc4C)no3)CC2=O)c1. The van der Waals surface area contributed by atoms with E-state index < -0.39 is 0 Å². The van der Waals surface area contributed by atoms with Gasteiger partial charge in [0.15, 0.2) is 0 Å². The topological polar surface area (TPSA) is 68.5 Å². The number of methoxy groups -OCH3 is 1. The van der Waals surface area contributed by atoms with E-state index in [4.69, 9.17) is 9.26 Å². The molecule has 6 heteroatoms. The first-order chi connectivity index (χ1) is 13.5. The molecule has 0 N–H and O–H groups in total. The molecule has 0 saturated carbocycles. The van der Waals surface area contributed by atoms with Gasteiger partial charge >= 0.3 is 0 Å². The van der Waals surface area contributed by atoms with Crippen molar-refractivity contribution in [2.75, 3.05) is 13.7 Å². The number of carbonyl (C=O) groups excluding carboxylic acids is 1. The summed E-state index contributed by atoms with van der Waals surface area (Å²) in [4.78, 5) is 18.9. The number of amides is 1. The molecule has 28 heavy (non-hydrogen) atoms. The van der Waals surface area contributed by atoms with Crippen molar-refractivity contribution in [2.24, 2.45) is 0 Å². The number of aryl methyl sites for hydroxylation is 2. The molecule has 0 radical (unpaired) electrons. The fourth-order valence-corrected chi connectivity index (χ4v) is 3.66. The van der Waals surface area contributed by atoms with Crippen molar-refractivity contribution < 1.29 is 14.1 Å². The molecule has 144 valence electrons. The van der Waals surface area contributed by atoms with Crippen molar-refractivity contribution >= 4 is 5.91 Å². The minimum absolute atomic E-state index is 0.0786. The largest absolute Gasteiger partial charge is 0.497 e. The second-order valence-corrected chi connectivity index (χ2v) is 7.30. The van der Waals surface area contributed by atoms with E-state index in [-0.39, 0.29) is 11.8 Å². The Balaban J connectivity index is 1.49. The van der Waals surface area contributed by atoms with Gasteiger partial charge in [-0.15, -0.1) is 0 Å². The number of carbonyl (C=O) groups is 1. The first-order valence-electron chi connectivity index (χ1n) is 9.35. The summed E-state index contributed by atoms with van der Waals surface area (Å²) in [5, 5.41) is 4.15. The molecule has 0 spiro atoms. The zero-order valence-electron chi connectivity index (χ0n) is 16.3. The molecule has 6 nitrogen and oxygen atoms in total. The predicted octanol–water partition coefficient (Wildman–Crippen LogP) is 3.88. The third-order valence-corrected chi connectivity index (χ3v) is 5.14. The molecule has 1 aliphatic rings. The minimum Gasteiger partial charge on any atom is -0.497 e. The Hall–Kier alpha value is -3.15. The lowest BCUT2D eigenvalue weighted by Crippen LogP contribution is -2.24. The van der Waals surface area contributed by atoms with Crippen molar-refractivity contribution in [3.63, 3.8) is 0 Å². The van der Waals surface area contributed by atoms with Gasteiger partial charge in [0.25, 0.3) is 0 Å². The molecule has 2 aromatic carbocycles. The van der Waals surface area contributed by atoms with E-state index in [1.807, 2.05) is 48.2 Å². The van der Waals surface area contributed by atoms with Gasteiger partial charge in [0.05, 0.1) is 13.0 Å². The number of aromatic nitrogens is 2. The van der Waals surface area contributed by atoms with Crippen LogP contribution in [0.3, 0.4) is 0 Å². The standard InChI is InChI=1S/C22H23N3O3/c1-14-7-8-19(15(2)9-14)21-23-22(28-24-21)17-11-20(26)25(13-17)12-16-5-4-6-18(10-16)27-3/h4-10,17H,11-13H2,1-3H3. The Morgan fingerprint density at radius 2 is 2.07 bits per heavy atom. The summed E-state index contributed by atoms with van der Waals surface area (Å²) in [6.45, 7) is 5.21. The van der Waals surface area contributed by atoms with Crippen molar-refractivity contribution in [3.8, 4) is 17.1 Å². The van der Waals surface area contributed by atoms with E-state index in [0.717, 1.165) is 22.4 Å². The normalized spacial score (nSPS) is 16.6. The fraction of sp³-hybridized carbons (Fsp3) is 0.318. The molecule has 1 unspecified atom stereocenters. The molecular formula is C22H23N3O3. The van der Waals surface area contributed by atoms with E-state index in [9.17, 15) is 4.79 Å². The minimum atomic E-state index is -0.0786. The average molecular weight is 377 g/mol. The monoisotopic (exact) mass is 377 g/mol. The van der Waals surface area contributed by atoms with Crippen LogP contribution in [0.4, 0.5) is 0 Å². The number of hydrogen-bond donors (Lipinski definition) is 0. The third-order valence-electron chi connectivity index (χ3n) is 5.14. The van der Waals surface area contributed by atoms with E-state index in [0.29, 0.717) is 31.2 Å². The smallest absolute Gasteiger partial charge is 0.232 e. The highest BCUT2D eigenvalue weighted by molar-refractivity contribution is 5.79. The molecule has 1 fully saturated rings. The van der Waals surface area contributed by atoms with Gasteiger partial charge in [-0.25, -0.2) is 0 Å². The quantitative estimate of drug-likeness (QED) is 0.675. The maximum absolute atomic E-state index is 12.5. The van der Waals surface area contributed by atoms with Crippen LogP contribution in [0.2, 0.25) is 0 Å². The Labute approximate surface area is 164 Å². The van der Waals surface area contributed by atoms with Gasteiger partial charge in [-0.05, 0) is 37.1 Å². The molecule has 1 saturated heterocycles. The first kappa shape index (κ1) is 18.2. The van der Waals surface area contributed by atoms with Crippen LogP contribution in [0.1, 0.15) is 34.9 Å². The van der Waals surface area contributed by atoms with Crippen molar-refractivity contribution in [3.05, 3.63) is 65.0 Å². The van der Waals surface area contributed by atoms with Gasteiger partial charge in [0, 0.05) is 25.1 Å². The average Bonchev–Trinajstić information content (AvgIpc) is 3.29. The van der Waals surface area contributed by atoms with E-state index in [1.54, 1.807) is 7.11 Å². The highest BCUT2D eigenvalue weighted by atomic mass is 16.5. The van der Waals surface area contributed by atoms with Crippen LogP contribution in [-0.4, -0.2) is 34.6 Å². The van der Waals surface area contributed by atoms with Crippen molar-refractivity contribution in [2.45, 2.75) is 32.7 Å². The van der Waals surface area contributed by atoms with Gasteiger partial charge in [0.2, 0.25) is 17.6 Å². The molecule has 4 rings (SSSR count). The van der Waals surface area contributed by atoms with E-state index >= 15 is 0 Å².